The molecule has 19 heavy (non-hydrogen) atoms. The Labute approximate surface area is 112 Å². The Hall–Kier alpha value is -2.36. The molecule has 0 radical (unpaired) electrons. The van der Waals surface area contributed by atoms with E-state index in [1.54, 1.807) is 12.3 Å². The van der Waals surface area contributed by atoms with E-state index in [0.29, 0.717) is 12.1 Å². The average Bonchev–Trinajstić information content (AvgIpc) is 2.41. The zero-order valence-corrected chi connectivity index (χ0v) is 10.9. The molecule has 2 rings (SSSR count). The van der Waals surface area contributed by atoms with Crippen molar-refractivity contribution in [3.8, 4) is 0 Å². The second kappa shape index (κ2) is 6.00. The number of carbonyl (C=O) groups excluding carboxylic acids is 1. The van der Waals surface area contributed by atoms with Gasteiger partial charge in [-0.15, -0.1) is 0 Å². The SMILES string of the molecule is Cc1ccc(C(=O)NCCc2ccc(N)cc2)cn1. The molecule has 1 amide bonds. The minimum Gasteiger partial charge on any atom is -0.399 e. The fourth-order valence-electron chi connectivity index (χ4n) is 1.71. The monoisotopic (exact) mass is 255 g/mol. The first kappa shape index (κ1) is 13.1. The van der Waals surface area contributed by atoms with Crippen LogP contribution >= 0.6 is 0 Å². The van der Waals surface area contributed by atoms with Gasteiger partial charge in [-0.1, -0.05) is 12.1 Å². The molecule has 4 heteroatoms. The van der Waals surface area contributed by atoms with Crippen LogP contribution in [0.4, 0.5) is 5.69 Å². The van der Waals surface area contributed by atoms with Crippen LogP contribution in [0.25, 0.3) is 0 Å². The second-order valence-electron chi connectivity index (χ2n) is 4.44. The lowest BCUT2D eigenvalue weighted by Gasteiger charge is -2.05. The minimum atomic E-state index is -0.0945. The van der Waals surface area contributed by atoms with E-state index in [4.69, 9.17) is 5.73 Å². The first-order chi connectivity index (χ1) is 9.15. The van der Waals surface area contributed by atoms with Gasteiger partial charge in [0, 0.05) is 24.1 Å². The van der Waals surface area contributed by atoms with Crippen LogP contribution < -0.4 is 11.1 Å². The number of rotatable bonds is 4. The number of aromatic nitrogens is 1. The maximum absolute atomic E-state index is 11.8. The highest BCUT2D eigenvalue weighted by molar-refractivity contribution is 5.93. The van der Waals surface area contributed by atoms with Crippen LogP contribution in [0, 0.1) is 6.92 Å². The highest BCUT2D eigenvalue weighted by Gasteiger charge is 2.04. The molecular weight excluding hydrogens is 238 g/mol. The predicted molar refractivity (Wildman–Crippen MR) is 75.9 cm³/mol. The van der Waals surface area contributed by atoms with E-state index in [2.05, 4.69) is 10.3 Å². The van der Waals surface area contributed by atoms with Gasteiger partial charge in [0.25, 0.3) is 5.91 Å². The lowest BCUT2D eigenvalue weighted by Crippen LogP contribution is -2.25. The summed E-state index contributed by atoms with van der Waals surface area (Å²) in [5.41, 5.74) is 9.00. The molecule has 0 aliphatic heterocycles. The van der Waals surface area contributed by atoms with E-state index in [1.807, 2.05) is 37.3 Å². The molecule has 1 aromatic carbocycles. The van der Waals surface area contributed by atoms with E-state index in [-0.39, 0.29) is 5.91 Å². The normalized spacial score (nSPS) is 10.2. The molecule has 3 N–H and O–H groups in total. The van der Waals surface area contributed by atoms with Gasteiger partial charge in [0.2, 0.25) is 0 Å². The third-order valence-electron chi connectivity index (χ3n) is 2.85. The highest BCUT2D eigenvalue weighted by Crippen LogP contribution is 2.05. The average molecular weight is 255 g/mol. The van der Waals surface area contributed by atoms with E-state index < -0.39 is 0 Å². The second-order valence-corrected chi connectivity index (χ2v) is 4.44. The molecule has 0 bridgehead atoms. The summed E-state index contributed by atoms with van der Waals surface area (Å²) in [5, 5.41) is 2.87. The van der Waals surface area contributed by atoms with Crippen LogP contribution in [0.5, 0.6) is 0 Å². The molecule has 1 aromatic heterocycles. The summed E-state index contributed by atoms with van der Waals surface area (Å²) in [6, 6.07) is 11.3. The van der Waals surface area contributed by atoms with Gasteiger partial charge in [-0.05, 0) is 43.2 Å². The quantitative estimate of drug-likeness (QED) is 0.820. The molecule has 98 valence electrons. The van der Waals surface area contributed by atoms with Crippen LogP contribution in [-0.2, 0) is 6.42 Å². The number of nitrogens with zero attached hydrogens (tertiary/aromatic N) is 1. The summed E-state index contributed by atoms with van der Waals surface area (Å²) in [4.78, 5) is 15.9. The van der Waals surface area contributed by atoms with Gasteiger partial charge in [0.15, 0.2) is 0 Å². The molecule has 4 nitrogen and oxygen atoms in total. The highest BCUT2D eigenvalue weighted by atomic mass is 16.1. The smallest absolute Gasteiger partial charge is 0.252 e. The third kappa shape index (κ3) is 3.81. The molecule has 0 spiro atoms. The Bertz CT molecular complexity index is 547. The Morgan fingerprint density at radius 1 is 1.21 bits per heavy atom. The molecule has 0 fully saturated rings. The fourth-order valence-corrected chi connectivity index (χ4v) is 1.71. The number of nitrogens with two attached hydrogens (primary N) is 1. The zero-order valence-electron chi connectivity index (χ0n) is 10.9. The topological polar surface area (TPSA) is 68.0 Å². The molecule has 2 aromatic rings. The number of benzene rings is 1. The summed E-state index contributed by atoms with van der Waals surface area (Å²) < 4.78 is 0. The van der Waals surface area contributed by atoms with Gasteiger partial charge in [-0.3, -0.25) is 9.78 Å². The van der Waals surface area contributed by atoms with Crippen LogP contribution in [-0.4, -0.2) is 17.4 Å². The number of carbonyl (C=O) groups is 1. The fraction of sp³-hybridized carbons (Fsp3) is 0.200. The first-order valence-electron chi connectivity index (χ1n) is 6.20. The third-order valence-corrected chi connectivity index (χ3v) is 2.85. The molecule has 0 aliphatic rings. The van der Waals surface area contributed by atoms with Crippen molar-refractivity contribution in [2.24, 2.45) is 0 Å². The molecule has 0 saturated carbocycles. The number of anilines is 1. The number of hydrogen-bond donors (Lipinski definition) is 2. The molecule has 0 atom stereocenters. The van der Waals surface area contributed by atoms with Crippen molar-refractivity contribution in [3.05, 3.63) is 59.4 Å². The number of nitrogens with one attached hydrogen (secondary N) is 1. The molecule has 0 unspecified atom stereocenters. The molecule has 0 saturated heterocycles. The summed E-state index contributed by atoms with van der Waals surface area (Å²) in [6.07, 6.45) is 2.37. The summed E-state index contributed by atoms with van der Waals surface area (Å²) in [7, 11) is 0. The van der Waals surface area contributed by atoms with Gasteiger partial charge in [0.05, 0.1) is 5.56 Å². The Kier molecular flexibility index (Phi) is 4.13. The largest absolute Gasteiger partial charge is 0.399 e. The summed E-state index contributed by atoms with van der Waals surface area (Å²) in [6.45, 7) is 2.49. The molecule has 1 heterocycles. The van der Waals surface area contributed by atoms with Crippen LogP contribution in [0.1, 0.15) is 21.6 Å². The van der Waals surface area contributed by atoms with Gasteiger partial charge >= 0.3 is 0 Å². The van der Waals surface area contributed by atoms with Crippen molar-refractivity contribution in [1.82, 2.24) is 10.3 Å². The van der Waals surface area contributed by atoms with Crippen molar-refractivity contribution in [2.75, 3.05) is 12.3 Å². The van der Waals surface area contributed by atoms with Crippen LogP contribution in [0.15, 0.2) is 42.6 Å². The Balaban J connectivity index is 1.84. The molecule has 0 aliphatic carbocycles. The standard InChI is InChI=1S/C15H17N3O/c1-11-2-5-13(10-18-11)15(19)17-9-8-12-3-6-14(16)7-4-12/h2-7,10H,8-9,16H2,1H3,(H,17,19). The van der Waals surface area contributed by atoms with Crippen molar-refractivity contribution < 1.29 is 4.79 Å². The van der Waals surface area contributed by atoms with E-state index in [0.717, 1.165) is 23.4 Å². The lowest BCUT2D eigenvalue weighted by molar-refractivity contribution is 0.0954. The summed E-state index contributed by atoms with van der Waals surface area (Å²) >= 11 is 0. The number of nitrogen functional groups attached to an aromatic ring is 1. The van der Waals surface area contributed by atoms with Gasteiger partial charge in [-0.2, -0.15) is 0 Å². The number of amides is 1. The van der Waals surface area contributed by atoms with E-state index in [9.17, 15) is 4.79 Å². The van der Waals surface area contributed by atoms with E-state index in [1.165, 1.54) is 0 Å². The van der Waals surface area contributed by atoms with Crippen molar-refractivity contribution in [3.63, 3.8) is 0 Å². The number of hydrogen-bond acceptors (Lipinski definition) is 3. The summed E-state index contributed by atoms with van der Waals surface area (Å²) in [5.74, 6) is -0.0945. The molecular formula is C15H17N3O. The van der Waals surface area contributed by atoms with E-state index >= 15 is 0 Å². The lowest BCUT2D eigenvalue weighted by atomic mass is 10.1. The van der Waals surface area contributed by atoms with Crippen LogP contribution in [0.3, 0.4) is 0 Å². The predicted octanol–water partition coefficient (Wildman–Crippen LogP) is 1.94. The van der Waals surface area contributed by atoms with Crippen LogP contribution in [0.2, 0.25) is 0 Å². The van der Waals surface area contributed by atoms with Crippen molar-refractivity contribution >= 4 is 11.6 Å². The number of aryl methyl sites for hydroxylation is 1. The zero-order chi connectivity index (χ0) is 13.7. The minimum absolute atomic E-state index is 0.0945. The van der Waals surface area contributed by atoms with Gasteiger partial charge in [0.1, 0.15) is 0 Å². The Morgan fingerprint density at radius 3 is 2.58 bits per heavy atom. The van der Waals surface area contributed by atoms with Crippen molar-refractivity contribution in [2.45, 2.75) is 13.3 Å². The van der Waals surface area contributed by atoms with Gasteiger partial charge < -0.3 is 11.1 Å². The first-order valence-corrected chi connectivity index (χ1v) is 6.20. The maximum Gasteiger partial charge on any atom is 0.252 e. The Morgan fingerprint density at radius 2 is 1.95 bits per heavy atom. The number of pyridine rings is 1. The van der Waals surface area contributed by atoms with Crippen molar-refractivity contribution in [1.29, 1.82) is 0 Å². The maximum atomic E-state index is 11.8. The van der Waals surface area contributed by atoms with Gasteiger partial charge in [-0.25, -0.2) is 0 Å².